The van der Waals surface area contributed by atoms with Gasteiger partial charge in [-0.05, 0) is 61.5 Å². The molecular formula is C24H25N5O2. The molecule has 4 rings (SSSR count). The van der Waals surface area contributed by atoms with Crippen molar-refractivity contribution in [2.24, 2.45) is 5.73 Å². The lowest BCUT2D eigenvalue weighted by Crippen LogP contribution is -2.17. The predicted octanol–water partition coefficient (Wildman–Crippen LogP) is 3.69. The third kappa shape index (κ3) is 4.67. The minimum absolute atomic E-state index is 0.193. The molecule has 158 valence electrons. The molecule has 3 aromatic carbocycles. The number of fused-ring (bicyclic) bond motifs is 1. The third-order valence-electron chi connectivity index (χ3n) is 5.12. The maximum absolute atomic E-state index is 12.8. The van der Waals surface area contributed by atoms with Crippen LogP contribution in [0.4, 0.5) is 22.7 Å². The van der Waals surface area contributed by atoms with Gasteiger partial charge in [-0.25, -0.2) is 0 Å². The van der Waals surface area contributed by atoms with E-state index in [1.54, 1.807) is 18.2 Å². The fraction of sp³-hybridized carbons (Fsp3) is 0.167. The second kappa shape index (κ2) is 9.32. The highest BCUT2D eigenvalue weighted by Gasteiger charge is 2.26. The Labute approximate surface area is 181 Å². The zero-order valence-corrected chi connectivity index (χ0v) is 17.1. The molecule has 1 aliphatic rings. The largest absolute Gasteiger partial charge is 0.385 e. The molecule has 0 aliphatic carbocycles. The number of benzene rings is 3. The first-order valence-electron chi connectivity index (χ1n) is 10.3. The van der Waals surface area contributed by atoms with E-state index < -0.39 is 0 Å². The maximum atomic E-state index is 12.8. The zero-order chi connectivity index (χ0) is 21.6. The number of rotatable bonds is 8. The Kier molecular flexibility index (Phi) is 6.14. The minimum Gasteiger partial charge on any atom is -0.385 e. The van der Waals surface area contributed by atoms with Crippen LogP contribution in [0.5, 0.6) is 0 Å². The van der Waals surface area contributed by atoms with E-state index >= 15 is 0 Å². The molecule has 3 aromatic rings. The van der Waals surface area contributed by atoms with Crippen molar-refractivity contribution in [1.82, 2.24) is 5.32 Å². The molecular weight excluding hydrogens is 390 g/mol. The number of carbonyl (C=O) groups is 2. The Morgan fingerprint density at radius 3 is 2.42 bits per heavy atom. The number of hydrogen-bond acceptors (Lipinski definition) is 5. The molecule has 0 radical (unpaired) electrons. The first-order valence-corrected chi connectivity index (χ1v) is 10.3. The second-order valence-corrected chi connectivity index (χ2v) is 7.29. The highest BCUT2D eigenvalue weighted by molar-refractivity contribution is 6.11. The van der Waals surface area contributed by atoms with Gasteiger partial charge in [-0.1, -0.05) is 18.2 Å². The number of carbonyl (C=O) groups excluding carboxylic acids is 2. The molecule has 0 aromatic heterocycles. The summed E-state index contributed by atoms with van der Waals surface area (Å²) in [6.45, 7) is 1.83. The summed E-state index contributed by atoms with van der Waals surface area (Å²) in [6.07, 6.45) is 0.880. The van der Waals surface area contributed by atoms with E-state index in [1.807, 2.05) is 48.5 Å². The van der Waals surface area contributed by atoms with Crippen LogP contribution in [0, 0.1) is 0 Å². The average Bonchev–Trinajstić information content (AvgIpc) is 3.19. The van der Waals surface area contributed by atoms with Gasteiger partial charge in [0, 0.05) is 41.3 Å². The SMILES string of the molecule is NCCCNc1ccc(C(=O)Nc2ccc(Nc3ccccc3)c3c2C(=O)NC3)cc1. The summed E-state index contributed by atoms with van der Waals surface area (Å²) >= 11 is 0. The maximum Gasteiger partial charge on any atom is 0.255 e. The predicted molar refractivity (Wildman–Crippen MR) is 124 cm³/mol. The number of hydrogen-bond donors (Lipinski definition) is 5. The van der Waals surface area contributed by atoms with Crippen LogP contribution in [-0.4, -0.2) is 24.9 Å². The van der Waals surface area contributed by atoms with Gasteiger partial charge in [-0.15, -0.1) is 0 Å². The van der Waals surface area contributed by atoms with Crippen molar-refractivity contribution in [2.75, 3.05) is 29.0 Å². The number of amides is 2. The van der Waals surface area contributed by atoms with Crippen molar-refractivity contribution in [2.45, 2.75) is 13.0 Å². The quantitative estimate of drug-likeness (QED) is 0.361. The van der Waals surface area contributed by atoms with Gasteiger partial charge in [0.2, 0.25) is 0 Å². The van der Waals surface area contributed by atoms with Crippen LogP contribution < -0.4 is 27.0 Å². The molecule has 0 atom stereocenters. The molecule has 0 unspecified atom stereocenters. The van der Waals surface area contributed by atoms with Crippen LogP contribution in [0.25, 0.3) is 0 Å². The van der Waals surface area contributed by atoms with Crippen LogP contribution in [0.1, 0.15) is 32.7 Å². The number of para-hydroxylation sites is 1. The van der Waals surface area contributed by atoms with Gasteiger partial charge in [0.1, 0.15) is 0 Å². The fourth-order valence-corrected chi connectivity index (χ4v) is 3.51. The Balaban J connectivity index is 1.51. The van der Waals surface area contributed by atoms with E-state index in [0.29, 0.717) is 29.9 Å². The van der Waals surface area contributed by atoms with Gasteiger partial charge in [-0.3, -0.25) is 9.59 Å². The summed E-state index contributed by atoms with van der Waals surface area (Å²) in [5, 5.41) is 12.3. The fourth-order valence-electron chi connectivity index (χ4n) is 3.51. The van der Waals surface area contributed by atoms with Crippen molar-refractivity contribution < 1.29 is 9.59 Å². The van der Waals surface area contributed by atoms with E-state index in [-0.39, 0.29) is 11.8 Å². The van der Waals surface area contributed by atoms with Gasteiger partial charge >= 0.3 is 0 Å². The molecule has 2 amide bonds. The molecule has 0 spiro atoms. The number of nitrogens with two attached hydrogens (primary N) is 1. The summed E-state index contributed by atoms with van der Waals surface area (Å²) in [5.74, 6) is -0.458. The molecule has 6 N–H and O–H groups in total. The lowest BCUT2D eigenvalue weighted by atomic mass is 10.0. The lowest BCUT2D eigenvalue weighted by molar-refractivity contribution is 0.0966. The van der Waals surface area contributed by atoms with Crippen LogP contribution in [0.2, 0.25) is 0 Å². The summed E-state index contributed by atoms with van der Waals surface area (Å²) < 4.78 is 0. The monoisotopic (exact) mass is 415 g/mol. The summed E-state index contributed by atoms with van der Waals surface area (Å²) in [6, 6.07) is 20.6. The van der Waals surface area contributed by atoms with Gasteiger partial charge in [-0.2, -0.15) is 0 Å². The third-order valence-corrected chi connectivity index (χ3v) is 5.12. The Morgan fingerprint density at radius 1 is 0.935 bits per heavy atom. The van der Waals surface area contributed by atoms with Crippen molar-refractivity contribution in [3.63, 3.8) is 0 Å². The van der Waals surface area contributed by atoms with Crippen LogP contribution in [-0.2, 0) is 6.54 Å². The van der Waals surface area contributed by atoms with Crippen molar-refractivity contribution in [3.05, 3.63) is 83.4 Å². The van der Waals surface area contributed by atoms with E-state index in [0.717, 1.165) is 35.6 Å². The van der Waals surface area contributed by atoms with Crippen LogP contribution in [0.15, 0.2) is 66.7 Å². The van der Waals surface area contributed by atoms with Gasteiger partial charge in [0.15, 0.2) is 0 Å². The molecule has 31 heavy (non-hydrogen) atoms. The van der Waals surface area contributed by atoms with Crippen LogP contribution in [0.3, 0.4) is 0 Å². The first kappa shape index (κ1) is 20.4. The molecule has 1 heterocycles. The molecule has 1 aliphatic heterocycles. The first-order chi connectivity index (χ1) is 15.2. The number of anilines is 4. The van der Waals surface area contributed by atoms with E-state index in [2.05, 4.69) is 21.3 Å². The molecule has 0 bridgehead atoms. The Bertz CT molecular complexity index is 1080. The van der Waals surface area contributed by atoms with E-state index in [9.17, 15) is 9.59 Å². The summed E-state index contributed by atoms with van der Waals surface area (Å²) in [5.41, 5.74) is 10.6. The summed E-state index contributed by atoms with van der Waals surface area (Å²) in [4.78, 5) is 25.2. The Morgan fingerprint density at radius 2 is 1.68 bits per heavy atom. The van der Waals surface area contributed by atoms with Gasteiger partial charge < -0.3 is 27.0 Å². The standard InChI is InChI=1S/C24H25N5O2/c25-13-4-14-26-17-9-7-16(8-10-17)23(30)29-21-12-11-20(19-15-27-24(31)22(19)21)28-18-5-2-1-3-6-18/h1-3,5-12,26,28H,4,13-15,25H2,(H,27,31)(H,29,30). The molecule has 0 saturated carbocycles. The smallest absolute Gasteiger partial charge is 0.255 e. The highest BCUT2D eigenvalue weighted by atomic mass is 16.2. The molecule has 7 heteroatoms. The normalized spacial score (nSPS) is 12.1. The molecule has 0 saturated heterocycles. The second-order valence-electron chi connectivity index (χ2n) is 7.29. The molecule has 0 fully saturated rings. The van der Waals surface area contributed by atoms with Gasteiger partial charge in [0.25, 0.3) is 11.8 Å². The van der Waals surface area contributed by atoms with Crippen LogP contribution >= 0.6 is 0 Å². The number of nitrogens with one attached hydrogen (secondary N) is 4. The zero-order valence-electron chi connectivity index (χ0n) is 17.1. The van der Waals surface area contributed by atoms with Crippen molar-refractivity contribution in [3.8, 4) is 0 Å². The van der Waals surface area contributed by atoms with E-state index in [1.165, 1.54) is 0 Å². The van der Waals surface area contributed by atoms with Crippen molar-refractivity contribution in [1.29, 1.82) is 0 Å². The topological polar surface area (TPSA) is 108 Å². The van der Waals surface area contributed by atoms with Crippen molar-refractivity contribution >= 4 is 34.6 Å². The average molecular weight is 415 g/mol. The minimum atomic E-state index is -0.265. The summed E-state index contributed by atoms with van der Waals surface area (Å²) in [7, 11) is 0. The lowest BCUT2D eigenvalue weighted by Gasteiger charge is -2.14. The van der Waals surface area contributed by atoms with E-state index in [4.69, 9.17) is 5.73 Å². The van der Waals surface area contributed by atoms with Gasteiger partial charge in [0.05, 0.1) is 11.3 Å². The molecule has 7 nitrogen and oxygen atoms in total. The Hall–Kier alpha value is -3.84. The highest BCUT2D eigenvalue weighted by Crippen LogP contribution is 2.33.